The maximum atomic E-state index is 12.8. The Kier molecular flexibility index (Phi) is 6.91. The molecule has 1 amide bonds. The molecule has 7 heteroatoms. The van der Waals surface area contributed by atoms with Crippen molar-refractivity contribution in [1.82, 2.24) is 0 Å². The second kappa shape index (κ2) is 9.79. The van der Waals surface area contributed by atoms with Gasteiger partial charge in [0.15, 0.2) is 11.5 Å². The smallest absolute Gasteiger partial charge is 0.338 e. The minimum Gasteiger partial charge on any atom is -0.493 e. The quantitative estimate of drug-likeness (QED) is 0.515. The molecular formula is C23H24N2O5. The van der Waals surface area contributed by atoms with Gasteiger partial charge >= 0.3 is 5.97 Å². The molecular weight excluding hydrogens is 384 g/mol. The van der Waals surface area contributed by atoms with Gasteiger partial charge in [-0.1, -0.05) is 6.07 Å². The van der Waals surface area contributed by atoms with Crippen LogP contribution in [-0.2, 0) is 16.0 Å². The van der Waals surface area contributed by atoms with Crippen LogP contribution in [0, 0.1) is 11.3 Å². The Labute approximate surface area is 175 Å². The van der Waals surface area contributed by atoms with Gasteiger partial charge in [-0.05, 0) is 49.1 Å². The van der Waals surface area contributed by atoms with E-state index < -0.39 is 0 Å². The van der Waals surface area contributed by atoms with Gasteiger partial charge in [-0.15, -0.1) is 0 Å². The van der Waals surface area contributed by atoms with Crippen LogP contribution in [0.2, 0.25) is 0 Å². The van der Waals surface area contributed by atoms with Gasteiger partial charge in [-0.25, -0.2) is 4.79 Å². The third-order valence-electron chi connectivity index (χ3n) is 5.04. The largest absolute Gasteiger partial charge is 0.493 e. The molecule has 0 bridgehead atoms. The van der Waals surface area contributed by atoms with Gasteiger partial charge in [0, 0.05) is 24.7 Å². The van der Waals surface area contributed by atoms with Gasteiger partial charge in [0.05, 0.1) is 38.0 Å². The van der Waals surface area contributed by atoms with Crippen molar-refractivity contribution in [3.63, 3.8) is 0 Å². The van der Waals surface area contributed by atoms with Crippen molar-refractivity contribution in [2.24, 2.45) is 0 Å². The van der Waals surface area contributed by atoms with E-state index in [1.807, 2.05) is 6.07 Å². The number of methoxy groups -OCH3 is 2. The summed E-state index contributed by atoms with van der Waals surface area (Å²) in [5.74, 6) is 0.634. The van der Waals surface area contributed by atoms with E-state index in [4.69, 9.17) is 19.5 Å². The number of carbonyl (C=O) groups excluding carboxylic acids is 2. The van der Waals surface area contributed by atoms with E-state index in [9.17, 15) is 9.59 Å². The lowest BCUT2D eigenvalue weighted by atomic mass is 9.96. The molecule has 0 aromatic heterocycles. The van der Waals surface area contributed by atoms with Crippen LogP contribution in [0.3, 0.4) is 0 Å². The molecule has 0 unspecified atom stereocenters. The molecule has 7 nitrogen and oxygen atoms in total. The summed E-state index contributed by atoms with van der Waals surface area (Å²) in [5.41, 5.74) is 2.65. The van der Waals surface area contributed by atoms with Crippen molar-refractivity contribution < 1.29 is 23.8 Å². The molecule has 1 aliphatic heterocycles. The lowest BCUT2D eigenvalue weighted by Gasteiger charge is -2.30. The highest BCUT2D eigenvalue weighted by atomic mass is 16.5. The Bertz CT molecular complexity index is 980. The summed E-state index contributed by atoms with van der Waals surface area (Å²) in [5, 5.41) is 8.96. The number of benzene rings is 2. The Hall–Kier alpha value is -3.53. The summed E-state index contributed by atoms with van der Waals surface area (Å²) in [6.07, 6.45) is 2.39. The molecule has 0 atom stereocenters. The molecule has 0 saturated heterocycles. The molecule has 156 valence electrons. The molecule has 0 saturated carbocycles. The average Bonchev–Trinajstić information content (AvgIpc) is 2.80. The van der Waals surface area contributed by atoms with Gasteiger partial charge in [-0.2, -0.15) is 5.26 Å². The highest BCUT2D eigenvalue weighted by Gasteiger charge is 2.26. The number of hydrogen-bond acceptors (Lipinski definition) is 6. The molecule has 0 N–H and O–H groups in total. The summed E-state index contributed by atoms with van der Waals surface area (Å²) < 4.78 is 15.9. The van der Waals surface area contributed by atoms with Crippen LogP contribution in [0.25, 0.3) is 0 Å². The lowest BCUT2D eigenvalue weighted by molar-refractivity contribution is -0.118. The fraction of sp³-hybridized carbons (Fsp3) is 0.348. The predicted molar refractivity (Wildman–Crippen MR) is 111 cm³/mol. The van der Waals surface area contributed by atoms with Crippen molar-refractivity contribution in [2.45, 2.75) is 25.7 Å². The zero-order chi connectivity index (χ0) is 21.5. The Morgan fingerprint density at radius 1 is 1.17 bits per heavy atom. The van der Waals surface area contributed by atoms with Crippen molar-refractivity contribution >= 4 is 17.6 Å². The normalized spacial score (nSPS) is 12.5. The van der Waals surface area contributed by atoms with E-state index in [0.29, 0.717) is 48.6 Å². The highest BCUT2D eigenvalue weighted by molar-refractivity contribution is 5.98. The first-order chi connectivity index (χ1) is 14.6. The minimum absolute atomic E-state index is 0.00615. The van der Waals surface area contributed by atoms with E-state index in [2.05, 4.69) is 6.07 Å². The zero-order valence-corrected chi connectivity index (χ0v) is 17.1. The number of ether oxygens (including phenoxy) is 3. The van der Waals surface area contributed by atoms with Crippen LogP contribution < -0.4 is 14.4 Å². The summed E-state index contributed by atoms with van der Waals surface area (Å²) >= 11 is 0. The number of nitriles is 1. The Morgan fingerprint density at radius 3 is 2.73 bits per heavy atom. The van der Waals surface area contributed by atoms with Gasteiger partial charge in [0.25, 0.3) is 0 Å². The molecule has 30 heavy (non-hydrogen) atoms. The summed E-state index contributed by atoms with van der Waals surface area (Å²) in [6, 6.07) is 12.4. The van der Waals surface area contributed by atoms with Gasteiger partial charge < -0.3 is 19.1 Å². The zero-order valence-electron chi connectivity index (χ0n) is 17.1. The number of amides is 1. The molecule has 0 aliphatic carbocycles. The van der Waals surface area contributed by atoms with Crippen molar-refractivity contribution in [2.75, 3.05) is 32.3 Å². The fourth-order valence-corrected chi connectivity index (χ4v) is 3.58. The predicted octanol–water partition coefficient (Wildman–Crippen LogP) is 3.49. The summed E-state index contributed by atoms with van der Waals surface area (Å²) in [4.78, 5) is 26.6. The number of carbonyl (C=O) groups is 2. The van der Waals surface area contributed by atoms with Crippen molar-refractivity contribution in [3.8, 4) is 17.6 Å². The standard InChI is InChI=1S/C23H24N2O5/c1-28-21-14-16(15-24)10-11-20(21)30-13-5-9-22(26)25-12-4-7-17-18(23(27)29-2)6-3-8-19(17)25/h3,6,8,10-11,14H,4-5,7,9,12-13H2,1-2H3. The second-order valence-electron chi connectivity index (χ2n) is 6.87. The van der Waals surface area contributed by atoms with E-state index in [0.717, 1.165) is 24.1 Å². The fourth-order valence-electron chi connectivity index (χ4n) is 3.58. The number of rotatable bonds is 7. The van der Waals surface area contributed by atoms with E-state index >= 15 is 0 Å². The van der Waals surface area contributed by atoms with Gasteiger partial charge in [0.1, 0.15) is 0 Å². The molecule has 3 rings (SSSR count). The average molecular weight is 408 g/mol. The molecule has 0 spiro atoms. The first-order valence-electron chi connectivity index (χ1n) is 9.80. The maximum Gasteiger partial charge on any atom is 0.338 e. The number of nitrogens with zero attached hydrogens (tertiary/aromatic N) is 2. The van der Waals surface area contributed by atoms with Crippen LogP contribution in [0.15, 0.2) is 36.4 Å². The van der Waals surface area contributed by atoms with Crippen LogP contribution in [0.4, 0.5) is 5.69 Å². The molecule has 1 heterocycles. The third-order valence-corrected chi connectivity index (χ3v) is 5.04. The van der Waals surface area contributed by atoms with E-state index in [-0.39, 0.29) is 11.9 Å². The molecule has 2 aromatic rings. The molecule has 1 aliphatic rings. The van der Waals surface area contributed by atoms with Gasteiger partial charge in [-0.3, -0.25) is 4.79 Å². The summed E-state index contributed by atoms with van der Waals surface area (Å²) in [7, 11) is 2.87. The summed E-state index contributed by atoms with van der Waals surface area (Å²) in [6.45, 7) is 0.970. The van der Waals surface area contributed by atoms with E-state index in [1.54, 1.807) is 35.2 Å². The highest BCUT2D eigenvalue weighted by Crippen LogP contribution is 2.31. The molecule has 0 fully saturated rings. The first-order valence-corrected chi connectivity index (χ1v) is 9.80. The number of hydrogen-bond donors (Lipinski definition) is 0. The van der Waals surface area contributed by atoms with Crippen LogP contribution >= 0.6 is 0 Å². The Balaban J connectivity index is 1.61. The molecule has 2 aromatic carbocycles. The van der Waals surface area contributed by atoms with Crippen LogP contribution in [0.5, 0.6) is 11.5 Å². The third kappa shape index (κ3) is 4.54. The number of anilines is 1. The van der Waals surface area contributed by atoms with Crippen LogP contribution in [0.1, 0.15) is 40.7 Å². The lowest BCUT2D eigenvalue weighted by Crippen LogP contribution is -2.36. The SMILES string of the molecule is COC(=O)c1cccc2c1CCCN2C(=O)CCCOc1ccc(C#N)cc1OC. The number of esters is 1. The first kappa shape index (κ1) is 21.2. The minimum atomic E-state index is -0.383. The van der Waals surface area contributed by atoms with Gasteiger partial charge in [0.2, 0.25) is 5.91 Å². The van der Waals surface area contributed by atoms with Crippen molar-refractivity contribution in [3.05, 3.63) is 53.1 Å². The monoisotopic (exact) mass is 408 g/mol. The maximum absolute atomic E-state index is 12.8. The van der Waals surface area contributed by atoms with Crippen LogP contribution in [-0.4, -0.2) is 39.2 Å². The topological polar surface area (TPSA) is 88.9 Å². The van der Waals surface area contributed by atoms with Crippen molar-refractivity contribution in [1.29, 1.82) is 5.26 Å². The second-order valence-corrected chi connectivity index (χ2v) is 6.87. The Morgan fingerprint density at radius 2 is 2.00 bits per heavy atom. The molecule has 0 radical (unpaired) electrons. The van der Waals surface area contributed by atoms with E-state index in [1.165, 1.54) is 14.2 Å². The number of fused-ring (bicyclic) bond motifs is 1.